The van der Waals surface area contributed by atoms with E-state index in [4.69, 9.17) is 0 Å². The van der Waals surface area contributed by atoms with Crippen LogP contribution in [0.2, 0.25) is 0 Å². The third-order valence-corrected chi connectivity index (χ3v) is 5.51. The Morgan fingerprint density at radius 1 is 1.10 bits per heavy atom. The number of nitrogens with one attached hydrogen (secondary N) is 1. The van der Waals surface area contributed by atoms with Crippen molar-refractivity contribution in [2.75, 3.05) is 18.0 Å². The topological polar surface area (TPSA) is 63.1 Å². The van der Waals surface area contributed by atoms with E-state index in [9.17, 15) is 4.79 Å². The van der Waals surface area contributed by atoms with Crippen LogP contribution >= 0.6 is 0 Å². The average Bonchev–Trinajstić information content (AvgIpc) is 3.18. The van der Waals surface area contributed by atoms with Crippen LogP contribution in [0.15, 0.2) is 60.9 Å². The summed E-state index contributed by atoms with van der Waals surface area (Å²) in [5, 5.41) is 7.71. The molecule has 1 fully saturated rings. The van der Waals surface area contributed by atoms with Gasteiger partial charge in [0.2, 0.25) is 0 Å². The lowest BCUT2D eigenvalue weighted by molar-refractivity contribution is 0.0930. The van der Waals surface area contributed by atoms with Crippen LogP contribution < -0.4 is 10.2 Å². The molecule has 6 nitrogen and oxygen atoms in total. The molecule has 1 N–H and O–H groups in total. The number of carbonyl (C=O) groups is 1. The molecule has 4 rings (SSSR count). The summed E-state index contributed by atoms with van der Waals surface area (Å²) in [4.78, 5) is 19.6. The fourth-order valence-electron chi connectivity index (χ4n) is 3.92. The van der Waals surface area contributed by atoms with Crippen LogP contribution in [-0.4, -0.2) is 39.8 Å². The molecule has 0 saturated carbocycles. The zero-order chi connectivity index (χ0) is 20.1. The van der Waals surface area contributed by atoms with E-state index in [2.05, 4.69) is 39.4 Å². The summed E-state index contributed by atoms with van der Waals surface area (Å²) < 4.78 is 1.94. The highest BCUT2D eigenvalue weighted by molar-refractivity contribution is 5.95. The quantitative estimate of drug-likeness (QED) is 0.703. The van der Waals surface area contributed by atoms with Crippen LogP contribution in [0.25, 0.3) is 0 Å². The number of carbonyl (C=O) groups excluding carboxylic acids is 1. The molecule has 1 aromatic carbocycles. The van der Waals surface area contributed by atoms with Gasteiger partial charge in [-0.15, -0.1) is 0 Å². The van der Waals surface area contributed by atoms with Gasteiger partial charge in [-0.05, 0) is 37.0 Å². The summed E-state index contributed by atoms with van der Waals surface area (Å²) in [6.45, 7) is 4.55. The molecule has 0 radical (unpaired) electrons. The van der Waals surface area contributed by atoms with Crippen LogP contribution in [0.5, 0.6) is 0 Å². The Bertz CT molecular complexity index is 930. The Kier molecular flexibility index (Phi) is 5.89. The zero-order valence-electron chi connectivity index (χ0n) is 16.8. The Labute approximate surface area is 171 Å². The van der Waals surface area contributed by atoms with E-state index < -0.39 is 0 Å². The van der Waals surface area contributed by atoms with Crippen molar-refractivity contribution in [3.8, 4) is 0 Å². The van der Waals surface area contributed by atoms with E-state index in [-0.39, 0.29) is 11.9 Å². The van der Waals surface area contributed by atoms with Crippen LogP contribution in [0, 0.1) is 0 Å². The minimum Gasteiger partial charge on any atom is -0.356 e. The summed E-state index contributed by atoms with van der Waals surface area (Å²) in [5.74, 6) is 0.991. The number of hydrogen-bond donors (Lipinski definition) is 1. The maximum Gasteiger partial charge on any atom is 0.254 e. The molecular formula is C23H27N5O. The smallest absolute Gasteiger partial charge is 0.254 e. The predicted octanol–water partition coefficient (Wildman–Crippen LogP) is 3.29. The second kappa shape index (κ2) is 8.90. The van der Waals surface area contributed by atoms with Crippen molar-refractivity contribution in [2.45, 2.75) is 38.8 Å². The monoisotopic (exact) mass is 389 g/mol. The number of rotatable bonds is 6. The Balaban J connectivity index is 1.38. The number of aromatic nitrogens is 3. The molecule has 150 valence electrons. The fraction of sp³-hybridized carbons (Fsp3) is 0.348. The van der Waals surface area contributed by atoms with E-state index >= 15 is 0 Å². The van der Waals surface area contributed by atoms with Crippen molar-refractivity contribution in [3.05, 3.63) is 77.7 Å². The number of pyridine rings is 1. The molecule has 1 aliphatic heterocycles. The first-order valence-corrected chi connectivity index (χ1v) is 10.3. The fourth-order valence-corrected chi connectivity index (χ4v) is 3.92. The van der Waals surface area contributed by atoms with Gasteiger partial charge in [0.1, 0.15) is 5.82 Å². The van der Waals surface area contributed by atoms with Gasteiger partial charge in [0.25, 0.3) is 5.91 Å². The molecular weight excluding hydrogens is 362 g/mol. The molecule has 0 atom stereocenters. The molecule has 1 aliphatic rings. The molecule has 29 heavy (non-hydrogen) atoms. The normalized spacial score (nSPS) is 14.7. The lowest BCUT2D eigenvalue weighted by Crippen LogP contribution is -2.45. The first-order chi connectivity index (χ1) is 14.2. The highest BCUT2D eigenvalue weighted by Gasteiger charge is 2.24. The Morgan fingerprint density at radius 3 is 2.55 bits per heavy atom. The van der Waals surface area contributed by atoms with E-state index in [1.165, 1.54) is 5.56 Å². The molecule has 0 bridgehead atoms. The van der Waals surface area contributed by atoms with Crippen molar-refractivity contribution in [3.63, 3.8) is 0 Å². The molecule has 2 aromatic heterocycles. The number of anilines is 1. The molecule has 3 aromatic rings. The Hall–Kier alpha value is -3.15. The van der Waals surface area contributed by atoms with Crippen molar-refractivity contribution < 1.29 is 4.79 Å². The van der Waals surface area contributed by atoms with Gasteiger partial charge in [-0.25, -0.2) is 4.98 Å². The van der Waals surface area contributed by atoms with Crippen molar-refractivity contribution in [1.29, 1.82) is 0 Å². The van der Waals surface area contributed by atoms with E-state index in [1.807, 2.05) is 47.3 Å². The minimum atomic E-state index is -0.0163. The molecule has 0 aliphatic carbocycles. The number of benzene rings is 1. The maximum atomic E-state index is 12.9. The van der Waals surface area contributed by atoms with E-state index in [0.717, 1.165) is 43.9 Å². The van der Waals surface area contributed by atoms with Crippen LogP contribution in [0.3, 0.4) is 0 Å². The number of piperidine rings is 1. The standard InChI is InChI=1S/C23H27N5O/c1-2-21-20(16-25-28(21)17-18-8-4-3-5-9-18)23(29)26-19-11-14-27(15-12-19)22-10-6-7-13-24-22/h3-10,13,16,19H,2,11-12,14-15,17H2,1H3,(H,26,29). The lowest BCUT2D eigenvalue weighted by atomic mass is 10.0. The highest BCUT2D eigenvalue weighted by Crippen LogP contribution is 2.18. The molecule has 3 heterocycles. The number of nitrogens with zero attached hydrogens (tertiary/aromatic N) is 4. The maximum absolute atomic E-state index is 12.9. The summed E-state index contributed by atoms with van der Waals surface area (Å²) >= 11 is 0. The van der Waals surface area contributed by atoms with Crippen molar-refractivity contribution in [1.82, 2.24) is 20.1 Å². The molecule has 0 spiro atoms. The first-order valence-electron chi connectivity index (χ1n) is 10.3. The third-order valence-electron chi connectivity index (χ3n) is 5.51. The van der Waals surface area contributed by atoms with Gasteiger partial charge < -0.3 is 10.2 Å². The third kappa shape index (κ3) is 4.47. The predicted molar refractivity (Wildman–Crippen MR) is 114 cm³/mol. The van der Waals surface area contributed by atoms with E-state index in [1.54, 1.807) is 6.20 Å². The SMILES string of the molecule is CCc1c(C(=O)NC2CCN(c3ccccn3)CC2)cnn1Cc1ccccc1. The van der Waals surface area contributed by atoms with Gasteiger partial charge in [-0.2, -0.15) is 5.10 Å². The average molecular weight is 390 g/mol. The summed E-state index contributed by atoms with van der Waals surface area (Å²) in [5.41, 5.74) is 2.85. The summed E-state index contributed by atoms with van der Waals surface area (Å²) in [7, 11) is 0. The van der Waals surface area contributed by atoms with Gasteiger partial charge in [-0.3, -0.25) is 9.48 Å². The van der Waals surface area contributed by atoms with Gasteiger partial charge in [-0.1, -0.05) is 43.3 Å². The summed E-state index contributed by atoms with van der Waals surface area (Å²) in [6.07, 6.45) is 6.14. The molecule has 1 saturated heterocycles. The largest absolute Gasteiger partial charge is 0.356 e. The number of hydrogen-bond acceptors (Lipinski definition) is 4. The van der Waals surface area contributed by atoms with Gasteiger partial charge >= 0.3 is 0 Å². The first kappa shape index (κ1) is 19.2. The van der Waals surface area contributed by atoms with Crippen LogP contribution in [-0.2, 0) is 13.0 Å². The highest BCUT2D eigenvalue weighted by atomic mass is 16.1. The van der Waals surface area contributed by atoms with Crippen molar-refractivity contribution in [2.24, 2.45) is 0 Å². The van der Waals surface area contributed by atoms with Crippen LogP contribution in [0.4, 0.5) is 5.82 Å². The van der Waals surface area contributed by atoms with Crippen molar-refractivity contribution >= 4 is 11.7 Å². The Morgan fingerprint density at radius 2 is 1.86 bits per heavy atom. The molecule has 1 amide bonds. The second-order valence-corrected chi connectivity index (χ2v) is 7.42. The minimum absolute atomic E-state index is 0.0163. The zero-order valence-corrected chi connectivity index (χ0v) is 16.8. The summed E-state index contributed by atoms with van der Waals surface area (Å²) in [6, 6.07) is 16.4. The van der Waals surface area contributed by atoms with E-state index in [0.29, 0.717) is 12.1 Å². The van der Waals surface area contributed by atoms with Gasteiger partial charge in [0.05, 0.1) is 24.0 Å². The van der Waals surface area contributed by atoms with Crippen LogP contribution in [0.1, 0.15) is 41.4 Å². The van der Waals surface area contributed by atoms with Gasteiger partial charge in [0.15, 0.2) is 0 Å². The lowest BCUT2D eigenvalue weighted by Gasteiger charge is -2.33. The second-order valence-electron chi connectivity index (χ2n) is 7.42. The molecule has 6 heteroatoms. The molecule has 0 unspecified atom stereocenters. The number of amides is 1. The van der Waals surface area contributed by atoms with Gasteiger partial charge in [0, 0.05) is 25.3 Å².